The third-order valence-electron chi connectivity index (χ3n) is 4.80. The Morgan fingerprint density at radius 2 is 1.73 bits per heavy atom. The minimum atomic E-state index is -1.24. The number of fused-ring (bicyclic) bond motifs is 1. The molecule has 2 rings (SSSR count). The van der Waals surface area contributed by atoms with Crippen molar-refractivity contribution in [1.82, 2.24) is 15.3 Å². The van der Waals surface area contributed by atoms with Crippen molar-refractivity contribution in [2.75, 3.05) is 19.7 Å². The maximum Gasteiger partial charge on any atom is 0.320 e. The fourth-order valence-electron chi connectivity index (χ4n) is 3.01. The van der Waals surface area contributed by atoms with Gasteiger partial charge in [-0.15, -0.1) is 0 Å². The molecule has 2 aromatic rings. The molecule has 0 bridgehead atoms. The van der Waals surface area contributed by atoms with Gasteiger partial charge in [0.25, 0.3) is 0 Å². The zero-order valence-electron chi connectivity index (χ0n) is 16.7. The van der Waals surface area contributed by atoms with Crippen LogP contribution in [0.1, 0.15) is 36.8 Å². The molecule has 0 aliphatic heterocycles. The molecule has 10 nitrogen and oxygen atoms in total. The molecule has 3 unspecified atom stereocenters. The van der Waals surface area contributed by atoms with Crippen LogP contribution in [0.2, 0.25) is 0 Å². The zero-order chi connectivity index (χ0) is 22.1. The van der Waals surface area contributed by atoms with Crippen LogP contribution in [0.4, 0.5) is 0 Å². The van der Waals surface area contributed by atoms with Crippen molar-refractivity contribution in [3.05, 3.63) is 35.7 Å². The van der Waals surface area contributed by atoms with E-state index in [1.165, 1.54) is 0 Å². The van der Waals surface area contributed by atoms with Gasteiger partial charge in [-0.3, -0.25) is 4.79 Å². The Balaban J connectivity index is 1.89. The van der Waals surface area contributed by atoms with Crippen molar-refractivity contribution in [3.63, 3.8) is 0 Å². The van der Waals surface area contributed by atoms with E-state index in [4.69, 9.17) is 10.8 Å². The molecular weight excluding hydrogens is 392 g/mol. The topological polar surface area (TPSA) is 182 Å². The first-order valence-corrected chi connectivity index (χ1v) is 9.93. The van der Waals surface area contributed by atoms with Crippen LogP contribution in [0.25, 0.3) is 11.0 Å². The van der Waals surface area contributed by atoms with Crippen LogP contribution in [-0.2, 0) is 11.2 Å². The molecule has 0 fully saturated rings. The second-order valence-corrected chi connectivity index (χ2v) is 7.23. The molecule has 0 radical (unpaired) electrons. The number of hydrogen-bond donors (Lipinski definition) is 7. The predicted octanol–water partition coefficient (Wildman–Crippen LogP) is -0.908. The molecule has 0 amide bonds. The summed E-state index contributed by atoms with van der Waals surface area (Å²) in [7, 11) is 0. The average Bonchev–Trinajstić information content (AvgIpc) is 2.74. The maximum absolute atomic E-state index is 10.7. The quantitative estimate of drug-likeness (QED) is 0.200. The highest BCUT2D eigenvalue weighted by Gasteiger charge is 2.23. The number of hydrogen-bond acceptors (Lipinski definition) is 9. The number of para-hydroxylation sites is 2. The van der Waals surface area contributed by atoms with E-state index in [1.807, 2.05) is 0 Å². The largest absolute Gasteiger partial charge is 0.480 e. The van der Waals surface area contributed by atoms with Gasteiger partial charge in [0.05, 0.1) is 41.2 Å². The predicted molar refractivity (Wildman–Crippen MR) is 110 cm³/mol. The molecule has 0 aliphatic carbocycles. The molecule has 10 heteroatoms. The summed E-state index contributed by atoms with van der Waals surface area (Å²) >= 11 is 0. The molecule has 0 spiro atoms. The van der Waals surface area contributed by atoms with Gasteiger partial charge in [-0.1, -0.05) is 18.6 Å². The summed E-state index contributed by atoms with van der Waals surface area (Å²) in [6.07, 6.45) is -1.83. The third kappa shape index (κ3) is 6.94. The summed E-state index contributed by atoms with van der Waals surface area (Å²) in [5.74, 6) is -1.02. The minimum absolute atomic E-state index is 0.0411. The van der Waals surface area contributed by atoms with Crippen molar-refractivity contribution in [1.29, 1.82) is 0 Å². The molecular formula is C20H30N4O6. The molecule has 1 heterocycles. The lowest BCUT2D eigenvalue weighted by atomic mass is 10.0. The van der Waals surface area contributed by atoms with E-state index in [0.29, 0.717) is 42.5 Å². The first-order valence-electron chi connectivity index (χ1n) is 9.93. The number of unbranched alkanes of at least 4 members (excludes halogenated alkanes) is 1. The second-order valence-electron chi connectivity index (χ2n) is 7.23. The maximum atomic E-state index is 10.7. The Bertz CT molecular complexity index is 821. The molecule has 4 atom stereocenters. The molecule has 1 aromatic carbocycles. The molecule has 30 heavy (non-hydrogen) atoms. The van der Waals surface area contributed by atoms with Crippen molar-refractivity contribution in [3.8, 4) is 0 Å². The SMILES string of the molecule is N[C@@H](CCCCNCC(O)C(O)Cc1nc2ccccc2nc1C(O)CO)C(=O)O. The van der Waals surface area contributed by atoms with Crippen molar-refractivity contribution in [2.24, 2.45) is 5.73 Å². The van der Waals surface area contributed by atoms with E-state index < -0.39 is 36.9 Å². The number of nitrogens with one attached hydrogen (secondary N) is 1. The highest BCUT2D eigenvalue weighted by atomic mass is 16.4. The van der Waals surface area contributed by atoms with Gasteiger partial charge in [-0.2, -0.15) is 0 Å². The summed E-state index contributed by atoms with van der Waals surface area (Å²) < 4.78 is 0. The van der Waals surface area contributed by atoms with Gasteiger partial charge in [0.15, 0.2) is 0 Å². The first-order chi connectivity index (χ1) is 14.3. The van der Waals surface area contributed by atoms with Crippen molar-refractivity contribution < 1.29 is 30.3 Å². The normalized spacial score (nSPS) is 15.6. The van der Waals surface area contributed by atoms with Gasteiger partial charge >= 0.3 is 5.97 Å². The van der Waals surface area contributed by atoms with Gasteiger partial charge in [-0.05, 0) is 31.5 Å². The van der Waals surface area contributed by atoms with Crippen LogP contribution in [0.15, 0.2) is 24.3 Å². The van der Waals surface area contributed by atoms with Gasteiger partial charge in [-0.25, -0.2) is 9.97 Å². The molecule has 1 aromatic heterocycles. The summed E-state index contributed by atoms with van der Waals surface area (Å²) in [4.78, 5) is 19.4. The lowest BCUT2D eigenvalue weighted by Gasteiger charge is -2.20. The highest BCUT2D eigenvalue weighted by Crippen LogP contribution is 2.20. The van der Waals surface area contributed by atoms with E-state index in [2.05, 4.69) is 15.3 Å². The van der Waals surface area contributed by atoms with E-state index in [-0.39, 0.29) is 18.7 Å². The van der Waals surface area contributed by atoms with Crippen LogP contribution >= 0.6 is 0 Å². The van der Waals surface area contributed by atoms with E-state index in [9.17, 15) is 25.2 Å². The Labute approximate surface area is 174 Å². The van der Waals surface area contributed by atoms with Crippen LogP contribution in [0, 0.1) is 0 Å². The number of carboxylic acid groups (broad SMARTS) is 1. The van der Waals surface area contributed by atoms with E-state index in [0.717, 1.165) is 0 Å². The molecule has 0 saturated carbocycles. The molecule has 0 aliphatic rings. The smallest absolute Gasteiger partial charge is 0.320 e. The van der Waals surface area contributed by atoms with Crippen LogP contribution in [0.3, 0.4) is 0 Å². The number of benzene rings is 1. The van der Waals surface area contributed by atoms with Gasteiger partial charge in [0.1, 0.15) is 12.1 Å². The number of carboxylic acids is 1. The zero-order valence-corrected chi connectivity index (χ0v) is 16.7. The average molecular weight is 422 g/mol. The Morgan fingerprint density at radius 3 is 2.37 bits per heavy atom. The van der Waals surface area contributed by atoms with Crippen LogP contribution in [-0.4, -0.2) is 79.4 Å². The molecule has 166 valence electrons. The summed E-state index contributed by atoms with van der Waals surface area (Å²) in [5, 5.41) is 51.7. The van der Waals surface area contributed by atoms with Crippen LogP contribution in [0.5, 0.6) is 0 Å². The van der Waals surface area contributed by atoms with Crippen LogP contribution < -0.4 is 11.1 Å². The third-order valence-corrected chi connectivity index (χ3v) is 4.80. The minimum Gasteiger partial charge on any atom is -0.480 e. The van der Waals surface area contributed by atoms with Crippen molar-refractivity contribution in [2.45, 2.75) is 50.0 Å². The van der Waals surface area contributed by atoms with Crippen molar-refractivity contribution >= 4 is 17.0 Å². The summed E-state index contributed by atoms with van der Waals surface area (Å²) in [6.45, 7) is 0.136. The number of aliphatic hydroxyl groups is 4. The molecule has 0 saturated heterocycles. The number of carbonyl (C=O) groups is 1. The number of aliphatic hydroxyl groups excluding tert-OH is 4. The fourth-order valence-corrected chi connectivity index (χ4v) is 3.01. The van der Waals surface area contributed by atoms with E-state index in [1.54, 1.807) is 24.3 Å². The summed E-state index contributed by atoms with van der Waals surface area (Å²) in [5.41, 5.74) is 7.06. The first kappa shape index (κ1) is 24.1. The lowest BCUT2D eigenvalue weighted by molar-refractivity contribution is -0.138. The number of aromatic nitrogens is 2. The second kappa shape index (κ2) is 11.8. The Kier molecular flexibility index (Phi) is 9.50. The fraction of sp³-hybridized carbons (Fsp3) is 0.550. The number of rotatable bonds is 13. The standard InChI is InChI=1S/C20H30N4O6/c21-12(20(29)30)5-3-4-8-22-10-17(27)16(26)9-15-19(18(28)11-25)24-14-7-2-1-6-13(14)23-15/h1-2,6-7,12,16-18,22,25-28H,3-5,8-11,21H2,(H,29,30)/t12-,16?,17?,18?/m0/s1. The number of nitrogens with two attached hydrogens (primary N) is 1. The Hall–Kier alpha value is -2.21. The summed E-state index contributed by atoms with van der Waals surface area (Å²) in [6, 6.07) is 6.19. The monoisotopic (exact) mass is 422 g/mol. The highest BCUT2D eigenvalue weighted by molar-refractivity contribution is 5.74. The number of aliphatic carboxylic acids is 1. The van der Waals surface area contributed by atoms with Gasteiger partial charge < -0.3 is 36.6 Å². The van der Waals surface area contributed by atoms with Gasteiger partial charge in [0.2, 0.25) is 0 Å². The molecule has 8 N–H and O–H groups in total. The van der Waals surface area contributed by atoms with E-state index >= 15 is 0 Å². The number of nitrogens with zero attached hydrogens (tertiary/aromatic N) is 2. The Morgan fingerprint density at radius 1 is 1.07 bits per heavy atom. The lowest BCUT2D eigenvalue weighted by Crippen LogP contribution is -2.38. The van der Waals surface area contributed by atoms with Gasteiger partial charge in [0, 0.05) is 13.0 Å².